The molecule has 3 aromatic rings. The number of sulfonamides is 1. The number of hydrogen-bond acceptors (Lipinski definition) is 7. The van der Waals surface area contributed by atoms with E-state index in [1.807, 2.05) is 19.1 Å². The van der Waals surface area contributed by atoms with Crippen LogP contribution in [0.1, 0.15) is 25.6 Å². The topological polar surface area (TPSA) is 107 Å². The van der Waals surface area contributed by atoms with Crippen molar-refractivity contribution in [3.63, 3.8) is 0 Å². The Morgan fingerprint density at radius 1 is 1.32 bits per heavy atom. The molecule has 1 atom stereocenters. The van der Waals surface area contributed by atoms with Crippen LogP contribution in [0.3, 0.4) is 0 Å². The number of hydrogen-bond donors (Lipinski definition) is 0. The number of rotatable bonds is 6. The first-order chi connectivity index (χ1) is 13.6. The van der Waals surface area contributed by atoms with Gasteiger partial charge in [0.1, 0.15) is 4.90 Å². The molecule has 0 amide bonds. The molecule has 4 rings (SSSR count). The molecule has 1 saturated heterocycles. The van der Waals surface area contributed by atoms with Crippen molar-refractivity contribution in [2.24, 2.45) is 5.92 Å². The summed E-state index contributed by atoms with van der Waals surface area (Å²) >= 11 is 0. The number of piperidine rings is 1. The van der Waals surface area contributed by atoms with Crippen molar-refractivity contribution in [1.29, 1.82) is 0 Å². The molecule has 0 aromatic carbocycles. The van der Waals surface area contributed by atoms with Gasteiger partial charge in [-0.1, -0.05) is 5.16 Å². The first-order valence-electron chi connectivity index (χ1n) is 9.32. The third-order valence-corrected chi connectivity index (χ3v) is 6.72. The lowest BCUT2D eigenvalue weighted by Gasteiger charge is -2.31. The highest BCUT2D eigenvalue weighted by molar-refractivity contribution is 7.89. The summed E-state index contributed by atoms with van der Waals surface area (Å²) in [5, 5.41) is 8.14. The Balaban J connectivity index is 1.45. The van der Waals surface area contributed by atoms with Gasteiger partial charge in [-0.3, -0.25) is 9.67 Å². The third-order valence-electron chi connectivity index (χ3n) is 4.90. The summed E-state index contributed by atoms with van der Waals surface area (Å²) in [6, 6.07) is 3.67. The van der Waals surface area contributed by atoms with E-state index in [0.717, 1.165) is 18.4 Å². The van der Waals surface area contributed by atoms with Gasteiger partial charge < -0.3 is 4.52 Å². The van der Waals surface area contributed by atoms with E-state index in [1.165, 1.54) is 6.20 Å². The molecule has 10 heteroatoms. The van der Waals surface area contributed by atoms with E-state index in [-0.39, 0.29) is 10.8 Å². The van der Waals surface area contributed by atoms with Gasteiger partial charge in [0.05, 0.1) is 11.8 Å². The van der Waals surface area contributed by atoms with Crippen molar-refractivity contribution < 1.29 is 12.9 Å². The molecule has 148 valence electrons. The molecule has 0 saturated carbocycles. The fourth-order valence-corrected chi connectivity index (χ4v) is 4.92. The molecule has 1 fully saturated rings. The molecule has 0 spiro atoms. The number of pyridine rings is 1. The lowest BCUT2D eigenvalue weighted by molar-refractivity contribution is 0.261. The molecule has 9 nitrogen and oxygen atoms in total. The summed E-state index contributed by atoms with van der Waals surface area (Å²) in [7, 11) is -3.54. The van der Waals surface area contributed by atoms with Gasteiger partial charge in [0, 0.05) is 44.6 Å². The quantitative estimate of drug-likeness (QED) is 0.620. The van der Waals surface area contributed by atoms with E-state index in [1.54, 1.807) is 27.6 Å². The highest BCUT2D eigenvalue weighted by atomic mass is 32.2. The van der Waals surface area contributed by atoms with Gasteiger partial charge >= 0.3 is 0 Å². The van der Waals surface area contributed by atoms with Crippen molar-refractivity contribution >= 4 is 10.0 Å². The van der Waals surface area contributed by atoms with E-state index < -0.39 is 10.0 Å². The van der Waals surface area contributed by atoms with Gasteiger partial charge in [0.2, 0.25) is 10.0 Å². The highest BCUT2D eigenvalue weighted by Gasteiger charge is 2.32. The Morgan fingerprint density at radius 3 is 2.96 bits per heavy atom. The number of nitrogens with zero attached hydrogens (tertiary/aromatic N) is 6. The zero-order chi connectivity index (χ0) is 19.6. The molecule has 1 aliphatic rings. The van der Waals surface area contributed by atoms with Gasteiger partial charge in [-0.15, -0.1) is 0 Å². The van der Waals surface area contributed by atoms with Crippen LogP contribution in [0.4, 0.5) is 0 Å². The van der Waals surface area contributed by atoms with Crippen LogP contribution in [0.25, 0.3) is 11.5 Å². The molecule has 0 radical (unpaired) electrons. The zero-order valence-corrected chi connectivity index (χ0v) is 16.4. The second-order valence-corrected chi connectivity index (χ2v) is 8.80. The van der Waals surface area contributed by atoms with Crippen LogP contribution in [-0.2, 0) is 23.0 Å². The molecule has 1 unspecified atom stereocenters. The monoisotopic (exact) mass is 402 g/mol. The van der Waals surface area contributed by atoms with E-state index in [4.69, 9.17) is 4.52 Å². The van der Waals surface area contributed by atoms with Crippen LogP contribution >= 0.6 is 0 Å². The predicted octanol–water partition coefficient (Wildman–Crippen LogP) is 1.99. The Kier molecular flexibility index (Phi) is 5.23. The summed E-state index contributed by atoms with van der Waals surface area (Å²) in [6.45, 7) is 3.51. The minimum absolute atomic E-state index is 0.143. The molecule has 0 N–H and O–H groups in total. The number of aromatic nitrogens is 5. The maximum Gasteiger partial charge on any atom is 0.259 e. The minimum atomic E-state index is -3.54. The normalized spacial score (nSPS) is 18.4. The molecular formula is C18H22N6O3S. The summed E-state index contributed by atoms with van der Waals surface area (Å²) in [5.74, 6) is 1.15. The lowest BCUT2D eigenvalue weighted by atomic mass is 9.96. The maximum atomic E-state index is 12.9. The second-order valence-electron chi connectivity index (χ2n) is 6.86. The summed E-state index contributed by atoms with van der Waals surface area (Å²) in [6.07, 6.45) is 8.66. The molecular weight excluding hydrogens is 380 g/mol. The summed E-state index contributed by atoms with van der Waals surface area (Å²) in [4.78, 5) is 8.73. The van der Waals surface area contributed by atoms with Crippen molar-refractivity contribution in [2.45, 2.75) is 37.6 Å². The van der Waals surface area contributed by atoms with E-state index in [9.17, 15) is 8.42 Å². The highest BCUT2D eigenvalue weighted by Crippen LogP contribution is 2.26. The van der Waals surface area contributed by atoms with Crippen LogP contribution in [-0.4, -0.2) is 50.7 Å². The first kappa shape index (κ1) is 18.8. The van der Waals surface area contributed by atoms with Crippen molar-refractivity contribution in [2.75, 3.05) is 13.1 Å². The minimum Gasteiger partial charge on any atom is -0.334 e. The molecule has 4 heterocycles. The van der Waals surface area contributed by atoms with Crippen molar-refractivity contribution in [1.82, 2.24) is 29.2 Å². The van der Waals surface area contributed by atoms with E-state index >= 15 is 0 Å². The summed E-state index contributed by atoms with van der Waals surface area (Å²) < 4.78 is 34.3. The van der Waals surface area contributed by atoms with Crippen LogP contribution in [0, 0.1) is 5.92 Å². The fourth-order valence-electron chi connectivity index (χ4n) is 3.41. The third kappa shape index (κ3) is 3.83. The van der Waals surface area contributed by atoms with E-state index in [2.05, 4.69) is 20.2 Å². The smallest absolute Gasteiger partial charge is 0.259 e. The van der Waals surface area contributed by atoms with Gasteiger partial charge in [-0.2, -0.15) is 14.4 Å². The standard InChI is InChI=1S/C18H22N6O3S/c1-2-23-13-16(11-20-23)28(25,26)24-8-4-5-14(12-24)9-17-21-18(27-22-17)15-6-3-7-19-10-15/h3,6-7,10-11,13-14H,2,4-5,8-9,12H2,1H3. The van der Waals surface area contributed by atoms with Crippen LogP contribution in [0.15, 0.2) is 46.3 Å². The van der Waals surface area contributed by atoms with Crippen molar-refractivity contribution in [3.05, 3.63) is 42.7 Å². The molecule has 28 heavy (non-hydrogen) atoms. The summed E-state index contributed by atoms with van der Waals surface area (Å²) in [5.41, 5.74) is 0.766. The SMILES string of the molecule is CCn1cc(S(=O)(=O)N2CCCC(Cc3noc(-c4cccnc4)n3)C2)cn1. The largest absolute Gasteiger partial charge is 0.334 e. The van der Waals surface area contributed by atoms with E-state index in [0.29, 0.717) is 37.8 Å². The molecule has 3 aromatic heterocycles. The molecule has 0 bridgehead atoms. The lowest BCUT2D eigenvalue weighted by Crippen LogP contribution is -2.40. The van der Waals surface area contributed by atoms with Gasteiger partial charge in [0.25, 0.3) is 5.89 Å². The van der Waals surface area contributed by atoms with Crippen LogP contribution in [0.5, 0.6) is 0 Å². The molecule has 1 aliphatic heterocycles. The zero-order valence-electron chi connectivity index (χ0n) is 15.6. The Bertz CT molecular complexity index is 1030. The van der Waals surface area contributed by atoms with Crippen LogP contribution < -0.4 is 0 Å². The Labute approximate surface area is 163 Å². The average molecular weight is 402 g/mol. The van der Waals surface area contributed by atoms with Gasteiger partial charge in [-0.25, -0.2) is 8.42 Å². The fraction of sp³-hybridized carbons (Fsp3) is 0.444. The van der Waals surface area contributed by atoms with Crippen molar-refractivity contribution in [3.8, 4) is 11.5 Å². The average Bonchev–Trinajstić information content (AvgIpc) is 3.39. The maximum absolute atomic E-state index is 12.9. The number of aryl methyl sites for hydroxylation is 1. The van der Waals surface area contributed by atoms with Gasteiger partial charge in [0.15, 0.2) is 5.82 Å². The molecule has 0 aliphatic carbocycles. The Morgan fingerprint density at radius 2 is 2.21 bits per heavy atom. The Hall–Kier alpha value is -2.59. The second kappa shape index (κ2) is 7.80. The van der Waals surface area contributed by atoms with Gasteiger partial charge in [-0.05, 0) is 37.8 Å². The first-order valence-corrected chi connectivity index (χ1v) is 10.8. The van der Waals surface area contributed by atoms with Crippen LogP contribution in [0.2, 0.25) is 0 Å². The predicted molar refractivity (Wildman–Crippen MR) is 101 cm³/mol.